The van der Waals surface area contributed by atoms with Gasteiger partial charge in [-0.3, -0.25) is 10.1 Å². The zero-order valence-electron chi connectivity index (χ0n) is 16.8. The van der Waals surface area contributed by atoms with Crippen molar-refractivity contribution in [3.05, 3.63) is 82.5 Å². The first kappa shape index (κ1) is 18.8. The molecule has 0 unspecified atom stereocenters. The second kappa shape index (κ2) is 7.89. The van der Waals surface area contributed by atoms with Crippen LogP contribution in [-0.2, 0) is 0 Å². The van der Waals surface area contributed by atoms with Crippen molar-refractivity contribution in [1.29, 1.82) is 0 Å². The van der Waals surface area contributed by atoms with Crippen molar-refractivity contribution in [2.75, 3.05) is 13.1 Å². The highest BCUT2D eigenvalue weighted by Gasteiger charge is 2.17. The number of aryl methyl sites for hydroxylation is 1. The molecule has 0 amide bonds. The molecule has 0 bridgehead atoms. The van der Waals surface area contributed by atoms with Crippen LogP contribution in [0.3, 0.4) is 0 Å². The fourth-order valence-corrected chi connectivity index (χ4v) is 4.74. The molecule has 5 nitrogen and oxygen atoms in total. The van der Waals surface area contributed by atoms with Gasteiger partial charge in [0.2, 0.25) is 0 Å². The summed E-state index contributed by atoms with van der Waals surface area (Å²) in [6.45, 7) is 7.89. The van der Waals surface area contributed by atoms with Crippen LogP contribution in [-0.4, -0.2) is 33.3 Å². The van der Waals surface area contributed by atoms with E-state index < -0.39 is 0 Å². The number of rotatable bonds is 5. The van der Waals surface area contributed by atoms with Crippen molar-refractivity contribution >= 4 is 33.4 Å². The molecule has 5 rings (SSSR count). The van der Waals surface area contributed by atoms with Gasteiger partial charge in [-0.2, -0.15) is 5.10 Å². The van der Waals surface area contributed by atoms with E-state index in [1.54, 1.807) is 11.3 Å². The molecule has 4 aromatic rings. The van der Waals surface area contributed by atoms with Gasteiger partial charge in [0.25, 0.3) is 0 Å². The SMILES string of the molecule is C=C/C=C(/c1cccs1)c1cc(-c2n[nH]c3cnc(C4=CCNCC4)cc23)[nH]c1C. The summed E-state index contributed by atoms with van der Waals surface area (Å²) in [4.78, 5) is 9.41. The van der Waals surface area contributed by atoms with Gasteiger partial charge in [0, 0.05) is 33.6 Å². The van der Waals surface area contributed by atoms with E-state index in [9.17, 15) is 0 Å². The lowest BCUT2D eigenvalue weighted by atomic mass is 10.0. The quantitative estimate of drug-likeness (QED) is 0.388. The summed E-state index contributed by atoms with van der Waals surface area (Å²) in [5.41, 5.74) is 8.62. The molecular formula is C24H23N5S. The Balaban J connectivity index is 1.59. The summed E-state index contributed by atoms with van der Waals surface area (Å²) in [7, 11) is 0. The van der Waals surface area contributed by atoms with Crippen molar-refractivity contribution < 1.29 is 0 Å². The van der Waals surface area contributed by atoms with Gasteiger partial charge in [0.15, 0.2) is 0 Å². The molecule has 0 aromatic carbocycles. The molecule has 30 heavy (non-hydrogen) atoms. The summed E-state index contributed by atoms with van der Waals surface area (Å²) in [6.07, 6.45) is 9.01. The average Bonchev–Trinajstić information content (AvgIpc) is 3.52. The largest absolute Gasteiger partial charge is 0.357 e. The van der Waals surface area contributed by atoms with Crippen molar-refractivity contribution in [2.24, 2.45) is 0 Å². The van der Waals surface area contributed by atoms with Crippen LogP contribution in [0.15, 0.2) is 60.6 Å². The first-order valence-corrected chi connectivity index (χ1v) is 10.9. The summed E-state index contributed by atoms with van der Waals surface area (Å²) >= 11 is 1.73. The second-order valence-corrected chi connectivity index (χ2v) is 8.33. The maximum atomic E-state index is 4.65. The average molecular weight is 414 g/mol. The number of allylic oxidation sites excluding steroid dienone is 2. The summed E-state index contributed by atoms with van der Waals surface area (Å²) in [6, 6.07) is 8.55. The Morgan fingerprint density at radius 3 is 3.00 bits per heavy atom. The zero-order chi connectivity index (χ0) is 20.5. The van der Waals surface area contributed by atoms with E-state index >= 15 is 0 Å². The third kappa shape index (κ3) is 3.34. The zero-order valence-corrected chi connectivity index (χ0v) is 17.6. The third-order valence-electron chi connectivity index (χ3n) is 5.47. The molecule has 0 fully saturated rings. The normalized spacial score (nSPS) is 14.8. The fraction of sp³-hybridized carbons (Fsp3) is 0.167. The van der Waals surface area contributed by atoms with Gasteiger partial charge in [-0.1, -0.05) is 30.9 Å². The predicted octanol–water partition coefficient (Wildman–Crippen LogP) is 5.32. The molecular weight excluding hydrogens is 390 g/mol. The lowest BCUT2D eigenvalue weighted by Gasteiger charge is -2.13. The standard InChI is InChI=1S/C24H23N5S/c1-3-5-17(23-6-4-11-30-23)18-12-21(27-15(18)2)24-19-13-20(16-7-9-25-10-8-16)26-14-22(19)28-29-24/h3-7,11-14,25,27H,1,8-10H2,2H3,(H,28,29)/b17-5+. The van der Waals surface area contributed by atoms with Crippen LogP contribution in [0, 0.1) is 6.92 Å². The van der Waals surface area contributed by atoms with Gasteiger partial charge in [-0.15, -0.1) is 11.3 Å². The van der Waals surface area contributed by atoms with E-state index in [4.69, 9.17) is 0 Å². The maximum absolute atomic E-state index is 4.65. The number of nitrogens with one attached hydrogen (secondary N) is 3. The van der Waals surface area contributed by atoms with Crippen LogP contribution in [0.4, 0.5) is 0 Å². The van der Waals surface area contributed by atoms with Gasteiger partial charge in [0.1, 0.15) is 5.69 Å². The molecule has 4 aromatic heterocycles. The van der Waals surface area contributed by atoms with Crippen LogP contribution < -0.4 is 5.32 Å². The van der Waals surface area contributed by atoms with E-state index in [1.807, 2.05) is 12.3 Å². The molecule has 0 radical (unpaired) electrons. The summed E-state index contributed by atoms with van der Waals surface area (Å²) in [5.74, 6) is 0. The molecule has 1 aliphatic rings. The van der Waals surface area contributed by atoms with Gasteiger partial charge in [-0.25, -0.2) is 0 Å². The molecule has 5 heterocycles. The molecule has 0 saturated carbocycles. The Morgan fingerprint density at radius 1 is 1.30 bits per heavy atom. The van der Waals surface area contributed by atoms with Crippen LogP contribution in [0.1, 0.15) is 28.2 Å². The molecule has 0 aliphatic carbocycles. The van der Waals surface area contributed by atoms with Crippen molar-refractivity contribution in [1.82, 2.24) is 25.5 Å². The van der Waals surface area contributed by atoms with Crippen molar-refractivity contribution in [2.45, 2.75) is 13.3 Å². The minimum Gasteiger partial charge on any atom is -0.357 e. The number of hydrogen-bond donors (Lipinski definition) is 3. The van der Waals surface area contributed by atoms with E-state index in [2.05, 4.69) is 80.8 Å². The number of pyridine rings is 1. The van der Waals surface area contributed by atoms with E-state index in [-0.39, 0.29) is 0 Å². The smallest absolute Gasteiger partial charge is 0.116 e. The van der Waals surface area contributed by atoms with Crippen LogP contribution >= 0.6 is 11.3 Å². The predicted molar refractivity (Wildman–Crippen MR) is 125 cm³/mol. The Bertz CT molecular complexity index is 1270. The minimum absolute atomic E-state index is 0.896. The van der Waals surface area contributed by atoms with Gasteiger partial charge in [0.05, 0.1) is 23.1 Å². The highest BCUT2D eigenvalue weighted by atomic mass is 32.1. The first-order valence-electron chi connectivity index (χ1n) is 10.1. The number of thiophene rings is 1. The number of aromatic amines is 2. The molecule has 0 atom stereocenters. The van der Waals surface area contributed by atoms with Crippen molar-refractivity contribution in [3.8, 4) is 11.4 Å². The maximum Gasteiger partial charge on any atom is 0.116 e. The van der Waals surface area contributed by atoms with Crippen molar-refractivity contribution in [3.63, 3.8) is 0 Å². The molecule has 1 aliphatic heterocycles. The Kier molecular flexibility index (Phi) is 4.94. The fourth-order valence-electron chi connectivity index (χ4n) is 3.97. The second-order valence-electron chi connectivity index (χ2n) is 7.39. The molecule has 3 N–H and O–H groups in total. The summed E-state index contributed by atoms with van der Waals surface area (Å²) < 4.78 is 0. The minimum atomic E-state index is 0.896. The highest BCUT2D eigenvalue weighted by molar-refractivity contribution is 7.11. The molecule has 0 saturated heterocycles. The van der Waals surface area contributed by atoms with Crippen LogP contribution in [0.5, 0.6) is 0 Å². The van der Waals surface area contributed by atoms with E-state index in [1.165, 1.54) is 21.6 Å². The summed E-state index contributed by atoms with van der Waals surface area (Å²) in [5, 5.41) is 14.3. The number of fused-ring (bicyclic) bond motifs is 1. The Morgan fingerprint density at radius 2 is 2.23 bits per heavy atom. The topological polar surface area (TPSA) is 69.4 Å². The number of hydrogen-bond acceptors (Lipinski definition) is 4. The Hall–Kier alpha value is -3.22. The van der Waals surface area contributed by atoms with Crippen LogP contribution in [0.25, 0.3) is 33.4 Å². The number of nitrogens with zero attached hydrogens (tertiary/aromatic N) is 2. The van der Waals surface area contributed by atoms with Gasteiger partial charge < -0.3 is 10.3 Å². The number of aromatic nitrogens is 4. The molecule has 0 spiro atoms. The lowest BCUT2D eigenvalue weighted by molar-refractivity contribution is 0.737. The van der Waals surface area contributed by atoms with E-state index in [0.29, 0.717) is 0 Å². The lowest BCUT2D eigenvalue weighted by Crippen LogP contribution is -2.20. The highest BCUT2D eigenvalue weighted by Crippen LogP contribution is 2.34. The van der Waals surface area contributed by atoms with Crippen LogP contribution in [0.2, 0.25) is 0 Å². The monoisotopic (exact) mass is 413 g/mol. The third-order valence-corrected chi connectivity index (χ3v) is 6.37. The first-order chi connectivity index (χ1) is 14.7. The van der Waals surface area contributed by atoms with Gasteiger partial charge >= 0.3 is 0 Å². The van der Waals surface area contributed by atoms with Gasteiger partial charge in [-0.05, 0) is 49.0 Å². The molecule has 150 valence electrons. The number of H-pyrrole nitrogens is 2. The van der Waals surface area contributed by atoms with E-state index in [0.717, 1.165) is 53.2 Å². The Labute approximate surface area is 179 Å². The molecule has 6 heteroatoms.